The molecular weight excluding hydrogens is 238 g/mol. The number of hydrogen-bond donors (Lipinski definition) is 0. The summed E-state index contributed by atoms with van der Waals surface area (Å²) in [6.07, 6.45) is -1.02. The molecule has 6 heteroatoms. The normalized spacial score (nSPS) is 16.5. The van der Waals surface area contributed by atoms with Gasteiger partial charge in [0.15, 0.2) is 0 Å². The molecule has 0 spiro atoms. The van der Waals surface area contributed by atoms with Gasteiger partial charge >= 0.3 is 11.9 Å². The maximum absolute atomic E-state index is 11.6. The number of esters is 2. The molecule has 0 bridgehead atoms. The molecule has 0 radical (unpaired) electrons. The molecule has 1 aromatic rings. The van der Waals surface area contributed by atoms with Gasteiger partial charge in [-0.1, -0.05) is 0 Å². The third-order valence-electron chi connectivity index (χ3n) is 2.60. The molecule has 1 aliphatic heterocycles. The molecule has 0 saturated carbocycles. The van der Waals surface area contributed by atoms with Crippen LogP contribution >= 0.6 is 0 Å². The van der Waals surface area contributed by atoms with Crippen LogP contribution in [0.4, 0.5) is 0 Å². The van der Waals surface area contributed by atoms with E-state index >= 15 is 0 Å². The highest BCUT2D eigenvalue weighted by atomic mass is 16.6. The number of hydrogen-bond acceptors (Lipinski definition) is 6. The lowest BCUT2D eigenvalue weighted by Crippen LogP contribution is -2.05. The predicted molar refractivity (Wildman–Crippen MR) is 58.1 cm³/mol. The monoisotopic (exact) mass is 247 g/mol. The Morgan fingerprint density at radius 2 is 2.17 bits per heavy atom. The van der Waals surface area contributed by atoms with E-state index in [1.54, 1.807) is 0 Å². The van der Waals surface area contributed by atoms with E-state index in [1.807, 2.05) is 6.07 Å². The Labute approximate surface area is 103 Å². The Balaban J connectivity index is 2.64. The zero-order valence-corrected chi connectivity index (χ0v) is 9.72. The third-order valence-corrected chi connectivity index (χ3v) is 2.60. The number of nitriles is 1. The van der Waals surface area contributed by atoms with Gasteiger partial charge in [0.1, 0.15) is 17.4 Å². The van der Waals surface area contributed by atoms with Crippen LogP contribution in [-0.4, -0.2) is 26.2 Å². The number of carbonyl (C=O) groups excluding carboxylic acids is 2. The van der Waals surface area contributed by atoms with E-state index in [2.05, 4.69) is 4.74 Å². The molecule has 18 heavy (non-hydrogen) atoms. The summed E-state index contributed by atoms with van der Waals surface area (Å²) in [6.45, 7) is 0. The number of nitrogens with zero attached hydrogens (tertiary/aromatic N) is 1. The molecule has 2 rings (SSSR count). The zero-order valence-electron chi connectivity index (χ0n) is 9.72. The van der Waals surface area contributed by atoms with E-state index in [0.717, 1.165) is 0 Å². The molecule has 1 unspecified atom stereocenters. The fourth-order valence-corrected chi connectivity index (χ4v) is 1.78. The minimum atomic E-state index is -1.02. The van der Waals surface area contributed by atoms with Gasteiger partial charge in [-0.25, -0.2) is 9.59 Å². The summed E-state index contributed by atoms with van der Waals surface area (Å²) < 4.78 is 14.5. The van der Waals surface area contributed by atoms with Crippen molar-refractivity contribution >= 4 is 11.9 Å². The minimum absolute atomic E-state index is 0.178. The summed E-state index contributed by atoms with van der Waals surface area (Å²) in [5.74, 6) is -1.02. The first-order valence-electron chi connectivity index (χ1n) is 5.03. The molecule has 0 saturated heterocycles. The van der Waals surface area contributed by atoms with E-state index in [-0.39, 0.29) is 16.9 Å². The van der Waals surface area contributed by atoms with Gasteiger partial charge in [0, 0.05) is 5.56 Å². The first kappa shape index (κ1) is 11.9. The van der Waals surface area contributed by atoms with Gasteiger partial charge in [0.25, 0.3) is 0 Å². The van der Waals surface area contributed by atoms with Crippen molar-refractivity contribution in [2.24, 2.45) is 0 Å². The topological polar surface area (TPSA) is 85.6 Å². The highest BCUT2D eigenvalue weighted by molar-refractivity contribution is 6.00. The van der Waals surface area contributed by atoms with Crippen LogP contribution in [0.15, 0.2) is 12.1 Å². The van der Waals surface area contributed by atoms with Crippen molar-refractivity contribution in [2.75, 3.05) is 14.2 Å². The average Bonchev–Trinajstić information content (AvgIpc) is 2.73. The van der Waals surface area contributed by atoms with E-state index in [9.17, 15) is 9.59 Å². The van der Waals surface area contributed by atoms with Crippen LogP contribution in [0, 0.1) is 11.3 Å². The van der Waals surface area contributed by atoms with Gasteiger partial charge in [-0.15, -0.1) is 0 Å². The number of methoxy groups -OCH3 is 2. The predicted octanol–water partition coefficient (Wildman–Crippen LogP) is 1.22. The maximum atomic E-state index is 11.6. The molecule has 1 heterocycles. The molecule has 0 amide bonds. The van der Waals surface area contributed by atoms with Crippen LogP contribution in [-0.2, 0) is 9.47 Å². The molecule has 0 aromatic heterocycles. The fourth-order valence-electron chi connectivity index (χ4n) is 1.78. The summed E-state index contributed by atoms with van der Waals surface area (Å²) in [6, 6.07) is 4.62. The summed E-state index contributed by atoms with van der Waals surface area (Å²) in [5.41, 5.74) is 0.700. The van der Waals surface area contributed by atoms with Gasteiger partial charge in [0.05, 0.1) is 19.8 Å². The lowest BCUT2D eigenvalue weighted by Gasteiger charge is -2.07. The lowest BCUT2D eigenvalue weighted by molar-refractivity contribution is 0.0475. The van der Waals surface area contributed by atoms with Gasteiger partial charge in [0.2, 0.25) is 6.10 Å². The standard InChI is InChI=1S/C12H9NO5/c1-16-8-4-6(11(14)17-2)3-7-9(5-13)18-12(15)10(7)8/h3-4,9H,1-2H3. The smallest absolute Gasteiger partial charge is 0.344 e. The molecule has 1 atom stereocenters. The zero-order chi connectivity index (χ0) is 13.3. The van der Waals surface area contributed by atoms with Crippen molar-refractivity contribution in [2.45, 2.75) is 6.10 Å². The van der Waals surface area contributed by atoms with Crippen LogP contribution in [0.1, 0.15) is 32.4 Å². The van der Waals surface area contributed by atoms with Crippen LogP contribution in [0.3, 0.4) is 0 Å². The molecule has 6 nitrogen and oxygen atoms in total. The molecule has 1 aliphatic rings. The molecule has 92 valence electrons. The van der Waals surface area contributed by atoms with Crippen LogP contribution in [0.5, 0.6) is 5.75 Å². The molecule has 0 fully saturated rings. The number of rotatable bonds is 2. The fraction of sp³-hybridized carbons (Fsp3) is 0.250. The Kier molecular flexibility index (Phi) is 2.90. The second kappa shape index (κ2) is 4.37. The quantitative estimate of drug-likeness (QED) is 0.730. The third kappa shape index (κ3) is 1.66. The van der Waals surface area contributed by atoms with E-state index < -0.39 is 18.0 Å². The number of carbonyl (C=O) groups is 2. The van der Waals surface area contributed by atoms with Crippen LogP contribution < -0.4 is 4.74 Å². The lowest BCUT2D eigenvalue weighted by atomic mass is 10.0. The highest BCUT2D eigenvalue weighted by Gasteiger charge is 2.35. The number of ether oxygens (including phenoxy) is 3. The first-order chi connectivity index (χ1) is 8.62. The van der Waals surface area contributed by atoms with Crippen molar-refractivity contribution in [1.29, 1.82) is 5.26 Å². The van der Waals surface area contributed by atoms with Crippen molar-refractivity contribution in [1.82, 2.24) is 0 Å². The van der Waals surface area contributed by atoms with Crippen LogP contribution in [0.2, 0.25) is 0 Å². The van der Waals surface area contributed by atoms with Crippen molar-refractivity contribution in [3.05, 3.63) is 28.8 Å². The molecule has 0 N–H and O–H groups in total. The molecular formula is C12H9NO5. The Hall–Kier alpha value is -2.55. The Morgan fingerprint density at radius 1 is 1.44 bits per heavy atom. The van der Waals surface area contributed by atoms with E-state index in [1.165, 1.54) is 26.4 Å². The van der Waals surface area contributed by atoms with Crippen molar-refractivity contribution < 1.29 is 23.8 Å². The van der Waals surface area contributed by atoms with Gasteiger partial charge in [-0.2, -0.15) is 5.26 Å². The van der Waals surface area contributed by atoms with Gasteiger partial charge < -0.3 is 14.2 Å². The summed E-state index contributed by atoms with van der Waals surface area (Å²) >= 11 is 0. The summed E-state index contributed by atoms with van der Waals surface area (Å²) in [7, 11) is 2.61. The summed E-state index contributed by atoms with van der Waals surface area (Å²) in [4.78, 5) is 23.1. The molecule has 0 aliphatic carbocycles. The number of cyclic esters (lactones) is 1. The number of fused-ring (bicyclic) bond motifs is 1. The SMILES string of the molecule is COC(=O)c1cc(OC)c2c(c1)C(C#N)OC2=O. The van der Waals surface area contributed by atoms with Gasteiger partial charge in [-0.05, 0) is 12.1 Å². The molecule has 1 aromatic carbocycles. The minimum Gasteiger partial charge on any atom is -0.496 e. The van der Waals surface area contributed by atoms with E-state index in [4.69, 9.17) is 14.7 Å². The maximum Gasteiger partial charge on any atom is 0.344 e. The highest BCUT2D eigenvalue weighted by Crippen LogP contribution is 2.37. The summed E-state index contributed by atoms with van der Waals surface area (Å²) in [5, 5.41) is 8.90. The van der Waals surface area contributed by atoms with Gasteiger partial charge in [-0.3, -0.25) is 0 Å². The average molecular weight is 247 g/mol. The van der Waals surface area contributed by atoms with Crippen LogP contribution in [0.25, 0.3) is 0 Å². The first-order valence-corrected chi connectivity index (χ1v) is 5.03. The number of benzene rings is 1. The Bertz CT molecular complexity index is 573. The second-order valence-electron chi connectivity index (χ2n) is 3.55. The second-order valence-corrected chi connectivity index (χ2v) is 3.55. The Morgan fingerprint density at radius 3 is 2.72 bits per heavy atom. The van der Waals surface area contributed by atoms with Crippen molar-refractivity contribution in [3.63, 3.8) is 0 Å². The van der Waals surface area contributed by atoms with E-state index in [0.29, 0.717) is 5.56 Å². The van der Waals surface area contributed by atoms with Crippen molar-refractivity contribution in [3.8, 4) is 11.8 Å². The largest absolute Gasteiger partial charge is 0.496 e.